The highest BCUT2D eigenvalue weighted by Gasteiger charge is 2.19. The molecule has 100 valence electrons. The van der Waals surface area contributed by atoms with E-state index < -0.39 is 0 Å². The second kappa shape index (κ2) is 6.00. The molecule has 0 spiro atoms. The van der Waals surface area contributed by atoms with E-state index in [1.165, 1.54) is 0 Å². The van der Waals surface area contributed by atoms with Gasteiger partial charge in [0, 0.05) is 32.2 Å². The second-order valence-corrected chi connectivity index (χ2v) is 4.65. The van der Waals surface area contributed by atoms with E-state index in [-0.39, 0.29) is 6.10 Å². The number of hydrogen-bond donors (Lipinski definition) is 1. The molecule has 1 atom stereocenters. The first-order valence-corrected chi connectivity index (χ1v) is 6.74. The number of hydrogen-bond acceptors (Lipinski definition) is 5. The zero-order valence-corrected chi connectivity index (χ0v) is 11.2. The van der Waals surface area contributed by atoms with Crippen LogP contribution in [0.4, 0.5) is 11.6 Å². The first-order chi connectivity index (χ1) is 8.74. The van der Waals surface area contributed by atoms with Gasteiger partial charge < -0.3 is 14.9 Å². The molecule has 0 bridgehead atoms. The summed E-state index contributed by atoms with van der Waals surface area (Å²) in [7, 11) is 0. The summed E-state index contributed by atoms with van der Waals surface area (Å²) in [6, 6.07) is 2.02. The zero-order valence-electron chi connectivity index (χ0n) is 11.2. The van der Waals surface area contributed by atoms with Gasteiger partial charge in [-0.1, -0.05) is 0 Å². The first kappa shape index (κ1) is 13.1. The van der Waals surface area contributed by atoms with Crippen molar-refractivity contribution in [3.05, 3.63) is 12.4 Å². The Morgan fingerprint density at radius 3 is 2.83 bits per heavy atom. The molecule has 1 saturated heterocycles. The number of β-amino-alcohol motifs (C(OH)–C–C–N with tert-alkyl or cyclic N) is 1. The van der Waals surface area contributed by atoms with Crippen molar-refractivity contribution in [3.63, 3.8) is 0 Å². The van der Waals surface area contributed by atoms with Crippen LogP contribution in [0, 0.1) is 0 Å². The number of aromatic nitrogens is 2. The number of anilines is 2. The fourth-order valence-corrected chi connectivity index (χ4v) is 2.39. The maximum atomic E-state index is 9.72. The van der Waals surface area contributed by atoms with Crippen molar-refractivity contribution in [1.29, 1.82) is 0 Å². The van der Waals surface area contributed by atoms with Gasteiger partial charge in [-0.05, 0) is 26.7 Å². The number of nitrogens with zero attached hydrogens (tertiary/aromatic N) is 4. The normalized spacial score (nSPS) is 19.9. The molecule has 1 fully saturated rings. The van der Waals surface area contributed by atoms with Crippen molar-refractivity contribution in [3.8, 4) is 0 Å². The van der Waals surface area contributed by atoms with Gasteiger partial charge in [0.15, 0.2) is 0 Å². The molecule has 1 aliphatic heterocycles. The molecule has 2 heterocycles. The Hall–Kier alpha value is -1.36. The van der Waals surface area contributed by atoms with Gasteiger partial charge in [-0.25, -0.2) is 9.97 Å². The summed E-state index contributed by atoms with van der Waals surface area (Å²) in [5, 5.41) is 9.72. The summed E-state index contributed by atoms with van der Waals surface area (Å²) in [4.78, 5) is 13.0. The molecule has 0 saturated carbocycles. The maximum Gasteiger partial charge on any atom is 0.134 e. The van der Waals surface area contributed by atoms with E-state index in [0.29, 0.717) is 6.54 Å². The van der Waals surface area contributed by atoms with Gasteiger partial charge in [0.25, 0.3) is 0 Å². The highest BCUT2D eigenvalue weighted by Crippen LogP contribution is 2.21. The van der Waals surface area contributed by atoms with Crippen molar-refractivity contribution < 1.29 is 5.11 Å². The van der Waals surface area contributed by atoms with E-state index >= 15 is 0 Å². The highest BCUT2D eigenvalue weighted by molar-refractivity contribution is 5.50. The van der Waals surface area contributed by atoms with Gasteiger partial charge >= 0.3 is 0 Å². The third-order valence-electron chi connectivity index (χ3n) is 3.45. The summed E-state index contributed by atoms with van der Waals surface area (Å²) in [5.41, 5.74) is 0. The van der Waals surface area contributed by atoms with Gasteiger partial charge in [-0.3, -0.25) is 0 Å². The van der Waals surface area contributed by atoms with E-state index in [1.54, 1.807) is 6.33 Å². The van der Waals surface area contributed by atoms with E-state index in [1.807, 2.05) is 6.07 Å². The Morgan fingerprint density at radius 1 is 1.39 bits per heavy atom. The standard InChI is InChI=1S/C13H22N4O/c1-3-16(4-2)12-8-13(15-10-14-12)17-7-5-6-11(18)9-17/h8,10-11,18H,3-7,9H2,1-2H3. The molecule has 1 aromatic heterocycles. The monoisotopic (exact) mass is 250 g/mol. The third kappa shape index (κ3) is 2.90. The summed E-state index contributed by atoms with van der Waals surface area (Å²) in [5.74, 6) is 1.88. The minimum atomic E-state index is -0.231. The fraction of sp³-hybridized carbons (Fsp3) is 0.692. The van der Waals surface area contributed by atoms with Crippen LogP contribution < -0.4 is 9.80 Å². The summed E-state index contributed by atoms with van der Waals surface area (Å²) in [6.07, 6.45) is 3.30. The van der Waals surface area contributed by atoms with Crippen LogP contribution >= 0.6 is 0 Å². The summed E-state index contributed by atoms with van der Waals surface area (Å²) in [6.45, 7) is 7.76. The zero-order chi connectivity index (χ0) is 13.0. The number of rotatable bonds is 4. The van der Waals surface area contributed by atoms with E-state index in [0.717, 1.165) is 44.1 Å². The average Bonchev–Trinajstić information content (AvgIpc) is 2.41. The molecule has 2 rings (SSSR count). The lowest BCUT2D eigenvalue weighted by atomic mass is 10.1. The average molecular weight is 250 g/mol. The lowest BCUT2D eigenvalue weighted by Crippen LogP contribution is -2.38. The van der Waals surface area contributed by atoms with Crippen LogP contribution in [0.3, 0.4) is 0 Å². The predicted molar refractivity (Wildman–Crippen MR) is 73.0 cm³/mol. The highest BCUT2D eigenvalue weighted by atomic mass is 16.3. The lowest BCUT2D eigenvalue weighted by Gasteiger charge is -2.31. The molecular weight excluding hydrogens is 228 g/mol. The summed E-state index contributed by atoms with van der Waals surface area (Å²) >= 11 is 0. The Balaban J connectivity index is 2.15. The molecule has 0 radical (unpaired) electrons. The van der Waals surface area contributed by atoms with Crippen molar-refractivity contribution in [2.24, 2.45) is 0 Å². The van der Waals surface area contributed by atoms with Crippen molar-refractivity contribution >= 4 is 11.6 Å². The van der Waals surface area contributed by atoms with Crippen LogP contribution in [0.5, 0.6) is 0 Å². The molecule has 18 heavy (non-hydrogen) atoms. The Morgan fingerprint density at radius 2 is 2.17 bits per heavy atom. The van der Waals surface area contributed by atoms with Crippen LogP contribution in [0.2, 0.25) is 0 Å². The smallest absolute Gasteiger partial charge is 0.134 e. The Kier molecular flexibility index (Phi) is 4.36. The number of piperidine rings is 1. The van der Waals surface area contributed by atoms with Gasteiger partial charge in [0.1, 0.15) is 18.0 Å². The Labute approximate surface area is 108 Å². The third-order valence-corrected chi connectivity index (χ3v) is 3.45. The van der Waals surface area contributed by atoms with Crippen LogP contribution in [0.1, 0.15) is 26.7 Å². The van der Waals surface area contributed by atoms with Crippen LogP contribution in [-0.4, -0.2) is 47.4 Å². The molecule has 0 aromatic carbocycles. The summed E-state index contributed by atoms with van der Waals surface area (Å²) < 4.78 is 0. The van der Waals surface area contributed by atoms with Crippen LogP contribution in [-0.2, 0) is 0 Å². The van der Waals surface area contributed by atoms with Crippen molar-refractivity contribution in [2.45, 2.75) is 32.8 Å². The van der Waals surface area contributed by atoms with Gasteiger partial charge in [-0.15, -0.1) is 0 Å². The predicted octanol–water partition coefficient (Wildman–Crippen LogP) is 1.28. The van der Waals surface area contributed by atoms with Crippen LogP contribution in [0.25, 0.3) is 0 Å². The minimum Gasteiger partial charge on any atom is -0.391 e. The van der Waals surface area contributed by atoms with E-state index in [2.05, 4.69) is 33.6 Å². The van der Waals surface area contributed by atoms with Gasteiger partial charge in [-0.2, -0.15) is 0 Å². The Bertz CT molecular complexity index is 381. The molecule has 1 unspecified atom stereocenters. The molecule has 1 aromatic rings. The van der Waals surface area contributed by atoms with E-state index in [9.17, 15) is 5.11 Å². The molecule has 5 heteroatoms. The topological polar surface area (TPSA) is 52.5 Å². The fourth-order valence-electron chi connectivity index (χ4n) is 2.39. The molecule has 1 N–H and O–H groups in total. The number of aliphatic hydroxyl groups excluding tert-OH is 1. The SMILES string of the molecule is CCN(CC)c1cc(N2CCCC(O)C2)ncn1. The molecular formula is C13H22N4O. The van der Waals surface area contributed by atoms with Crippen LogP contribution in [0.15, 0.2) is 12.4 Å². The largest absolute Gasteiger partial charge is 0.391 e. The quantitative estimate of drug-likeness (QED) is 0.872. The molecule has 5 nitrogen and oxygen atoms in total. The van der Waals surface area contributed by atoms with E-state index in [4.69, 9.17) is 0 Å². The van der Waals surface area contributed by atoms with Gasteiger partial charge in [0.05, 0.1) is 6.10 Å². The van der Waals surface area contributed by atoms with Crippen molar-refractivity contribution in [2.75, 3.05) is 36.0 Å². The molecule has 1 aliphatic rings. The second-order valence-electron chi connectivity index (χ2n) is 4.65. The maximum absolute atomic E-state index is 9.72. The molecule has 0 amide bonds. The lowest BCUT2D eigenvalue weighted by molar-refractivity contribution is 0.154. The number of aliphatic hydroxyl groups is 1. The molecule has 0 aliphatic carbocycles. The minimum absolute atomic E-state index is 0.231. The first-order valence-electron chi connectivity index (χ1n) is 6.74. The van der Waals surface area contributed by atoms with Crippen molar-refractivity contribution in [1.82, 2.24) is 9.97 Å². The van der Waals surface area contributed by atoms with Gasteiger partial charge in [0.2, 0.25) is 0 Å².